The van der Waals surface area contributed by atoms with Gasteiger partial charge in [0.15, 0.2) is 0 Å². The van der Waals surface area contributed by atoms with Crippen LogP contribution in [0.1, 0.15) is 44.9 Å². The first kappa shape index (κ1) is 20.8. The maximum atomic E-state index is 5.82. The Morgan fingerprint density at radius 2 is 1.05 bits per heavy atom. The lowest BCUT2D eigenvalue weighted by atomic mass is 9.87. The van der Waals surface area contributed by atoms with Crippen LogP contribution >= 0.6 is 35.6 Å². The van der Waals surface area contributed by atoms with E-state index < -0.39 is 0 Å². The summed E-state index contributed by atoms with van der Waals surface area (Å²) in [6.45, 7) is 7.25. The maximum absolute atomic E-state index is 5.82. The fourth-order valence-corrected chi connectivity index (χ4v) is 4.41. The summed E-state index contributed by atoms with van der Waals surface area (Å²) in [5.41, 5.74) is 0. The maximum Gasteiger partial charge on any atom is 0.0351 e. The van der Waals surface area contributed by atoms with Gasteiger partial charge in [-0.15, -0.1) is 35.6 Å². The van der Waals surface area contributed by atoms with E-state index in [2.05, 4.69) is 9.80 Å². The summed E-state index contributed by atoms with van der Waals surface area (Å²) in [7, 11) is 0. The minimum Gasteiger partial charge on any atom is -0.302 e. The first-order chi connectivity index (χ1) is 10.3. The first-order valence-electron chi connectivity index (χ1n) is 8.88. The minimum absolute atomic E-state index is 0. The minimum atomic E-state index is 0. The average molecular weight is 372 g/mol. The molecule has 0 atom stereocenters. The SMILES string of the molecule is Cl.ClCCN1CCC(CCCC2CCN(CCCl)CC2)CC1. The van der Waals surface area contributed by atoms with Gasteiger partial charge in [0.2, 0.25) is 0 Å². The molecule has 2 nitrogen and oxygen atoms in total. The molecule has 2 fully saturated rings. The van der Waals surface area contributed by atoms with Crippen molar-refractivity contribution < 1.29 is 0 Å². The Balaban J connectivity index is 0.00000242. The summed E-state index contributed by atoms with van der Waals surface area (Å²) < 4.78 is 0. The van der Waals surface area contributed by atoms with Crippen molar-refractivity contribution in [3.63, 3.8) is 0 Å². The van der Waals surface area contributed by atoms with Gasteiger partial charge in [0.1, 0.15) is 0 Å². The Kier molecular flexibility index (Phi) is 11.5. The van der Waals surface area contributed by atoms with Crippen molar-refractivity contribution in [2.45, 2.75) is 44.9 Å². The zero-order valence-electron chi connectivity index (χ0n) is 13.8. The predicted octanol–water partition coefficient (Wildman–Crippen LogP) is 4.48. The van der Waals surface area contributed by atoms with Crippen LogP contribution < -0.4 is 0 Å². The van der Waals surface area contributed by atoms with Gasteiger partial charge in [-0.25, -0.2) is 0 Å². The molecule has 0 spiro atoms. The number of rotatable bonds is 8. The molecule has 0 amide bonds. The van der Waals surface area contributed by atoms with E-state index in [0.29, 0.717) is 0 Å². The number of likely N-dealkylation sites (tertiary alicyclic amines) is 2. The number of hydrogen-bond donors (Lipinski definition) is 0. The smallest absolute Gasteiger partial charge is 0.0351 e. The molecule has 0 bridgehead atoms. The summed E-state index contributed by atoms with van der Waals surface area (Å²) in [6.07, 6.45) is 9.93. The molecule has 22 heavy (non-hydrogen) atoms. The van der Waals surface area contributed by atoms with Crippen molar-refractivity contribution in [2.75, 3.05) is 51.0 Å². The second-order valence-electron chi connectivity index (χ2n) is 6.88. The van der Waals surface area contributed by atoms with E-state index in [0.717, 1.165) is 36.7 Å². The lowest BCUT2D eigenvalue weighted by Gasteiger charge is -2.33. The van der Waals surface area contributed by atoms with E-state index in [4.69, 9.17) is 23.2 Å². The van der Waals surface area contributed by atoms with Crippen LogP contribution in [0.15, 0.2) is 0 Å². The Morgan fingerprint density at radius 3 is 1.36 bits per heavy atom. The lowest BCUT2D eigenvalue weighted by Crippen LogP contribution is -2.35. The Labute approximate surface area is 153 Å². The quantitative estimate of drug-likeness (QED) is 0.580. The van der Waals surface area contributed by atoms with Gasteiger partial charge in [0.25, 0.3) is 0 Å². The van der Waals surface area contributed by atoms with Crippen LogP contribution in [0.5, 0.6) is 0 Å². The molecule has 0 radical (unpaired) electrons. The highest BCUT2D eigenvalue weighted by atomic mass is 35.5. The Hall–Kier alpha value is 0.790. The van der Waals surface area contributed by atoms with Crippen LogP contribution in [-0.4, -0.2) is 60.8 Å². The number of hydrogen-bond acceptors (Lipinski definition) is 2. The predicted molar refractivity (Wildman–Crippen MR) is 101 cm³/mol. The highest BCUT2D eigenvalue weighted by molar-refractivity contribution is 6.18. The highest BCUT2D eigenvalue weighted by Gasteiger charge is 2.21. The van der Waals surface area contributed by atoms with Gasteiger partial charge in [-0.2, -0.15) is 0 Å². The van der Waals surface area contributed by atoms with Gasteiger partial charge >= 0.3 is 0 Å². The van der Waals surface area contributed by atoms with Crippen LogP contribution in [0.4, 0.5) is 0 Å². The van der Waals surface area contributed by atoms with Crippen LogP contribution in [0, 0.1) is 11.8 Å². The second kappa shape index (κ2) is 12.2. The molecule has 0 saturated carbocycles. The number of nitrogens with zero attached hydrogens (tertiary/aromatic N) is 2. The summed E-state index contributed by atoms with van der Waals surface area (Å²) in [5.74, 6) is 3.53. The molecule has 2 aliphatic rings. The largest absolute Gasteiger partial charge is 0.302 e. The second-order valence-corrected chi connectivity index (χ2v) is 7.63. The van der Waals surface area contributed by atoms with Crippen molar-refractivity contribution in [1.82, 2.24) is 9.80 Å². The summed E-state index contributed by atoms with van der Waals surface area (Å²) in [6, 6.07) is 0. The molecule has 0 aliphatic carbocycles. The van der Waals surface area contributed by atoms with E-state index in [9.17, 15) is 0 Å². The molecule has 0 unspecified atom stereocenters. The molecule has 5 heteroatoms. The Morgan fingerprint density at radius 1 is 0.682 bits per heavy atom. The van der Waals surface area contributed by atoms with E-state index >= 15 is 0 Å². The molecule has 2 aliphatic heterocycles. The molecular weight excluding hydrogens is 339 g/mol. The Bertz CT molecular complexity index is 237. The fourth-order valence-electron chi connectivity index (χ4n) is 3.93. The third kappa shape index (κ3) is 7.57. The zero-order valence-corrected chi connectivity index (χ0v) is 16.1. The van der Waals surface area contributed by atoms with Crippen molar-refractivity contribution >= 4 is 35.6 Å². The van der Waals surface area contributed by atoms with Gasteiger partial charge < -0.3 is 9.80 Å². The fraction of sp³-hybridized carbons (Fsp3) is 1.00. The van der Waals surface area contributed by atoms with E-state index in [-0.39, 0.29) is 12.4 Å². The van der Waals surface area contributed by atoms with E-state index in [1.807, 2.05) is 0 Å². The van der Waals surface area contributed by atoms with E-state index in [1.54, 1.807) is 0 Å². The van der Waals surface area contributed by atoms with Gasteiger partial charge in [0, 0.05) is 24.8 Å². The average Bonchev–Trinajstić information content (AvgIpc) is 2.51. The molecule has 2 saturated heterocycles. The number of halogens is 3. The normalized spacial score (nSPS) is 22.6. The third-order valence-corrected chi connectivity index (χ3v) is 5.78. The van der Waals surface area contributed by atoms with Gasteiger partial charge in [-0.05, 0) is 63.7 Å². The van der Waals surface area contributed by atoms with Gasteiger partial charge in [0.05, 0.1) is 0 Å². The molecule has 132 valence electrons. The van der Waals surface area contributed by atoms with Crippen molar-refractivity contribution in [3.05, 3.63) is 0 Å². The lowest BCUT2D eigenvalue weighted by molar-refractivity contribution is 0.170. The first-order valence-corrected chi connectivity index (χ1v) is 9.95. The zero-order chi connectivity index (χ0) is 14.9. The number of piperidine rings is 2. The monoisotopic (exact) mass is 370 g/mol. The van der Waals surface area contributed by atoms with Crippen LogP contribution in [0.3, 0.4) is 0 Å². The topological polar surface area (TPSA) is 6.48 Å². The standard InChI is InChI=1S/C17H32Cl2N2.ClH/c18-8-14-20-10-4-16(5-11-20)2-1-3-17-6-12-21(13-7-17)15-9-19;/h16-17H,1-15H2;1H. The van der Waals surface area contributed by atoms with Gasteiger partial charge in [-0.1, -0.05) is 19.3 Å². The summed E-state index contributed by atoms with van der Waals surface area (Å²) >= 11 is 11.6. The molecular formula is C17H33Cl3N2. The molecule has 0 aromatic carbocycles. The van der Waals surface area contributed by atoms with Crippen LogP contribution in [0.2, 0.25) is 0 Å². The van der Waals surface area contributed by atoms with Crippen molar-refractivity contribution in [2.24, 2.45) is 11.8 Å². The molecule has 0 aromatic rings. The van der Waals surface area contributed by atoms with Crippen molar-refractivity contribution in [3.8, 4) is 0 Å². The van der Waals surface area contributed by atoms with Crippen LogP contribution in [0.25, 0.3) is 0 Å². The molecule has 2 heterocycles. The van der Waals surface area contributed by atoms with Crippen LogP contribution in [-0.2, 0) is 0 Å². The highest BCUT2D eigenvalue weighted by Crippen LogP contribution is 2.27. The number of alkyl halides is 2. The van der Waals surface area contributed by atoms with E-state index in [1.165, 1.54) is 71.1 Å². The van der Waals surface area contributed by atoms with Gasteiger partial charge in [-0.3, -0.25) is 0 Å². The summed E-state index contributed by atoms with van der Waals surface area (Å²) in [5, 5.41) is 0. The molecule has 0 aromatic heterocycles. The molecule has 0 N–H and O–H groups in total. The van der Waals surface area contributed by atoms with Crippen molar-refractivity contribution in [1.29, 1.82) is 0 Å². The third-order valence-electron chi connectivity index (χ3n) is 5.44. The summed E-state index contributed by atoms with van der Waals surface area (Å²) in [4.78, 5) is 5.05. The molecule has 2 rings (SSSR count).